The number of aromatic nitrogens is 2. The van der Waals surface area contributed by atoms with Gasteiger partial charge in [0.15, 0.2) is 17.4 Å². The van der Waals surface area contributed by atoms with E-state index in [-0.39, 0.29) is 41.1 Å². The molecule has 1 saturated heterocycles. The van der Waals surface area contributed by atoms with E-state index in [1.54, 1.807) is 4.90 Å². The van der Waals surface area contributed by atoms with Crippen LogP contribution in [0.1, 0.15) is 23.2 Å². The first kappa shape index (κ1) is 28.9. The van der Waals surface area contributed by atoms with E-state index in [0.29, 0.717) is 31.6 Å². The predicted molar refractivity (Wildman–Crippen MR) is 153 cm³/mol. The molecule has 2 aliphatic rings. The quantitative estimate of drug-likeness (QED) is 0.286. The minimum atomic E-state index is -1.03. The number of ether oxygens (including phenoxy) is 1. The number of halogens is 3. The molecule has 44 heavy (non-hydrogen) atoms. The third-order valence-corrected chi connectivity index (χ3v) is 7.77. The van der Waals surface area contributed by atoms with Gasteiger partial charge in [-0.1, -0.05) is 0 Å². The molecular weight excluding hydrogens is 579 g/mol. The molecule has 10 nitrogen and oxygen atoms in total. The fourth-order valence-corrected chi connectivity index (χ4v) is 5.66. The van der Waals surface area contributed by atoms with Crippen LogP contribution in [0.15, 0.2) is 77.9 Å². The van der Waals surface area contributed by atoms with E-state index in [2.05, 4.69) is 15.6 Å². The summed E-state index contributed by atoms with van der Waals surface area (Å²) >= 11 is 0. The monoisotopic (exact) mass is 605 g/mol. The van der Waals surface area contributed by atoms with Gasteiger partial charge in [-0.15, -0.1) is 0 Å². The maximum Gasteiger partial charge on any atom is 0.323 e. The van der Waals surface area contributed by atoms with Crippen molar-refractivity contribution in [3.05, 3.63) is 106 Å². The van der Waals surface area contributed by atoms with Crippen LogP contribution in [0.25, 0.3) is 5.69 Å². The number of likely N-dealkylation sites (tertiary alicyclic amines) is 1. The standard InChI is InChI=1S/C31H26F3N5O5/c32-19-3-5-20(6-4-19)39-9-1-2-23(30(39)42)29(41)36-26-13-25(34)27(14-24(26)33)44-22-7-8-35-28(12-22)37-31(43)38-15-17-10-21(40)11-18(17)16-38/h1-9,12-14,17-18,21,40H,10-11,15-16H2,(H,36,41)(H,35,37,43)/t17-,18+,21?. The molecule has 2 fully saturated rings. The normalized spacial score (nSPS) is 19.0. The van der Waals surface area contributed by atoms with Crippen molar-refractivity contribution in [3.8, 4) is 17.2 Å². The highest BCUT2D eigenvalue weighted by atomic mass is 19.1. The highest BCUT2D eigenvalue weighted by Gasteiger charge is 2.41. The number of amides is 3. The zero-order valence-electron chi connectivity index (χ0n) is 23.0. The van der Waals surface area contributed by atoms with Crippen LogP contribution in [0.5, 0.6) is 11.5 Å². The lowest BCUT2D eigenvalue weighted by molar-refractivity contribution is 0.102. The molecule has 2 aromatic heterocycles. The molecule has 0 bridgehead atoms. The number of nitrogens with one attached hydrogen (secondary N) is 2. The van der Waals surface area contributed by atoms with E-state index in [4.69, 9.17) is 4.74 Å². The minimum Gasteiger partial charge on any atom is -0.454 e. The maximum absolute atomic E-state index is 15.0. The van der Waals surface area contributed by atoms with Crippen molar-refractivity contribution in [2.24, 2.45) is 11.8 Å². The third-order valence-electron chi connectivity index (χ3n) is 7.77. The summed E-state index contributed by atoms with van der Waals surface area (Å²) in [4.78, 5) is 44.2. The average Bonchev–Trinajstić information content (AvgIpc) is 3.54. The van der Waals surface area contributed by atoms with Gasteiger partial charge in [0, 0.05) is 49.4 Å². The van der Waals surface area contributed by atoms with Crippen LogP contribution in [0.2, 0.25) is 0 Å². The molecule has 4 aromatic rings. The number of rotatable bonds is 6. The van der Waals surface area contributed by atoms with Crippen LogP contribution in [0, 0.1) is 29.3 Å². The maximum atomic E-state index is 15.0. The van der Waals surface area contributed by atoms with Gasteiger partial charge in [-0.25, -0.2) is 22.9 Å². The second-order valence-corrected chi connectivity index (χ2v) is 10.7. The van der Waals surface area contributed by atoms with E-state index < -0.39 is 40.4 Å². The molecule has 0 radical (unpaired) electrons. The summed E-state index contributed by atoms with van der Waals surface area (Å²) in [5.41, 5.74) is -1.31. The van der Waals surface area contributed by atoms with E-state index in [1.165, 1.54) is 48.8 Å². The molecule has 3 heterocycles. The Morgan fingerprint density at radius 3 is 2.39 bits per heavy atom. The van der Waals surface area contributed by atoms with Gasteiger partial charge in [-0.2, -0.15) is 0 Å². The van der Waals surface area contributed by atoms with Crippen molar-refractivity contribution >= 4 is 23.4 Å². The Kier molecular flexibility index (Phi) is 7.78. The van der Waals surface area contributed by atoms with Gasteiger partial charge in [0.25, 0.3) is 11.5 Å². The first-order valence-electron chi connectivity index (χ1n) is 13.8. The SMILES string of the molecule is O=C(Nc1cc(F)c(Oc2ccnc(NC(=O)N3C[C@H]4CC(O)C[C@H]4C3)c2)cc1F)c1cccn(-c2ccc(F)cc2)c1=O. The van der Waals surface area contributed by atoms with Gasteiger partial charge in [0.2, 0.25) is 0 Å². The number of benzene rings is 2. The summed E-state index contributed by atoms with van der Waals surface area (Å²) in [5, 5.41) is 14.7. The van der Waals surface area contributed by atoms with E-state index in [1.807, 2.05) is 0 Å². The highest BCUT2D eigenvalue weighted by molar-refractivity contribution is 6.04. The largest absolute Gasteiger partial charge is 0.454 e. The fourth-order valence-electron chi connectivity index (χ4n) is 5.66. The number of nitrogens with zero attached hydrogens (tertiary/aromatic N) is 3. The number of carbonyl (C=O) groups excluding carboxylic acids is 2. The van der Waals surface area contributed by atoms with E-state index in [9.17, 15) is 32.7 Å². The fraction of sp³-hybridized carbons (Fsp3) is 0.226. The molecule has 3 atom stereocenters. The van der Waals surface area contributed by atoms with Gasteiger partial charge < -0.3 is 20.1 Å². The number of hydrogen-bond donors (Lipinski definition) is 3. The summed E-state index contributed by atoms with van der Waals surface area (Å²) < 4.78 is 49.8. The van der Waals surface area contributed by atoms with Crippen LogP contribution in [-0.2, 0) is 0 Å². The van der Waals surface area contributed by atoms with Gasteiger partial charge in [-0.05, 0) is 67.1 Å². The number of fused-ring (bicyclic) bond motifs is 1. The van der Waals surface area contributed by atoms with Crippen molar-refractivity contribution in [1.82, 2.24) is 14.5 Å². The molecular formula is C31H26F3N5O5. The summed E-state index contributed by atoms with van der Waals surface area (Å²) in [6.07, 6.45) is 3.74. The summed E-state index contributed by atoms with van der Waals surface area (Å²) in [7, 11) is 0. The molecule has 1 aliphatic carbocycles. The molecule has 1 unspecified atom stereocenters. The first-order valence-corrected chi connectivity index (χ1v) is 13.8. The predicted octanol–water partition coefficient (Wildman–Crippen LogP) is 4.93. The molecule has 13 heteroatoms. The minimum absolute atomic E-state index is 0.0671. The van der Waals surface area contributed by atoms with E-state index in [0.717, 1.165) is 28.8 Å². The first-order chi connectivity index (χ1) is 21.1. The number of hydrogen-bond acceptors (Lipinski definition) is 6. The van der Waals surface area contributed by atoms with Gasteiger partial charge in [-0.3, -0.25) is 19.5 Å². The van der Waals surface area contributed by atoms with Gasteiger partial charge in [0.1, 0.15) is 22.9 Å². The number of carbonyl (C=O) groups is 2. The van der Waals surface area contributed by atoms with Crippen LogP contribution >= 0.6 is 0 Å². The lowest BCUT2D eigenvalue weighted by atomic mass is 10.0. The molecule has 3 amide bonds. The van der Waals surface area contributed by atoms with Crippen LogP contribution in [0.3, 0.4) is 0 Å². The average molecular weight is 606 g/mol. The zero-order chi connectivity index (χ0) is 31.0. The number of aliphatic hydroxyl groups excluding tert-OH is 1. The Labute approximate surface area is 248 Å². The molecule has 1 saturated carbocycles. The Morgan fingerprint density at radius 1 is 0.932 bits per heavy atom. The molecule has 3 N–H and O–H groups in total. The Morgan fingerprint density at radius 2 is 1.66 bits per heavy atom. The topological polar surface area (TPSA) is 126 Å². The van der Waals surface area contributed by atoms with Crippen LogP contribution in [-0.4, -0.2) is 50.7 Å². The molecule has 6 rings (SSSR count). The Balaban J connectivity index is 1.12. The van der Waals surface area contributed by atoms with Crippen LogP contribution < -0.4 is 20.9 Å². The molecule has 2 aromatic carbocycles. The lowest BCUT2D eigenvalue weighted by Gasteiger charge is -2.18. The Bertz CT molecular complexity index is 1780. The summed E-state index contributed by atoms with van der Waals surface area (Å²) in [6, 6.07) is 11.5. The van der Waals surface area contributed by atoms with Crippen molar-refractivity contribution in [1.29, 1.82) is 0 Å². The van der Waals surface area contributed by atoms with Crippen molar-refractivity contribution in [2.45, 2.75) is 18.9 Å². The number of aliphatic hydroxyl groups is 1. The number of pyridine rings is 2. The van der Waals surface area contributed by atoms with Crippen molar-refractivity contribution in [2.75, 3.05) is 23.7 Å². The zero-order valence-corrected chi connectivity index (χ0v) is 23.0. The summed E-state index contributed by atoms with van der Waals surface area (Å²) in [6.45, 7) is 1.07. The Hall–Kier alpha value is -5.17. The number of urea groups is 1. The third kappa shape index (κ3) is 5.99. The second kappa shape index (κ2) is 11.8. The molecule has 1 aliphatic heterocycles. The lowest BCUT2D eigenvalue weighted by Crippen LogP contribution is -2.34. The highest BCUT2D eigenvalue weighted by Crippen LogP contribution is 2.38. The van der Waals surface area contributed by atoms with Gasteiger partial charge >= 0.3 is 6.03 Å². The van der Waals surface area contributed by atoms with Crippen molar-refractivity contribution in [3.63, 3.8) is 0 Å². The smallest absolute Gasteiger partial charge is 0.323 e. The second-order valence-electron chi connectivity index (χ2n) is 10.7. The van der Waals surface area contributed by atoms with Gasteiger partial charge in [0.05, 0.1) is 11.8 Å². The molecule has 226 valence electrons. The van der Waals surface area contributed by atoms with E-state index >= 15 is 0 Å². The van der Waals surface area contributed by atoms with Crippen molar-refractivity contribution < 1.29 is 32.6 Å². The molecule has 0 spiro atoms. The number of anilines is 2. The summed E-state index contributed by atoms with van der Waals surface area (Å²) in [5.74, 6) is -3.28. The van der Waals surface area contributed by atoms with Crippen LogP contribution in [0.4, 0.5) is 29.5 Å².